The molecule has 0 N–H and O–H groups in total. The molecule has 0 nitrogen and oxygen atoms in total. The van der Waals surface area contributed by atoms with Crippen molar-refractivity contribution < 1.29 is 0 Å². The number of rotatable bonds is 3. The lowest BCUT2D eigenvalue weighted by atomic mass is 10.0. The zero-order valence-electron chi connectivity index (χ0n) is 6.81. The molecule has 1 aliphatic carbocycles. The predicted molar refractivity (Wildman–Crippen MR) is 54.3 cm³/mol. The molecule has 0 atom stereocenters. The Morgan fingerprint density at radius 1 is 1.36 bits per heavy atom. The number of hydrogen-bond acceptors (Lipinski definition) is 1. The fourth-order valence-corrected chi connectivity index (χ4v) is 2.71. The highest BCUT2D eigenvalue weighted by Gasteiger charge is 2.13. The quantitative estimate of drug-likeness (QED) is 0.653. The van der Waals surface area contributed by atoms with Crippen molar-refractivity contribution >= 4 is 23.4 Å². The Bertz CT molecular complexity index is 128. The van der Waals surface area contributed by atoms with Gasteiger partial charge >= 0.3 is 0 Å². The van der Waals surface area contributed by atoms with E-state index in [1.54, 1.807) is 0 Å². The highest BCUT2D eigenvalue weighted by atomic mass is 35.5. The van der Waals surface area contributed by atoms with E-state index < -0.39 is 0 Å². The summed E-state index contributed by atoms with van der Waals surface area (Å²) in [5, 5.41) is 1.65. The molecule has 0 unspecified atom stereocenters. The van der Waals surface area contributed by atoms with Crippen molar-refractivity contribution in [2.75, 3.05) is 5.75 Å². The summed E-state index contributed by atoms with van der Waals surface area (Å²) in [6, 6.07) is 0. The fraction of sp³-hybridized carbons (Fsp3) is 0.778. The Morgan fingerprint density at radius 3 is 2.55 bits per heavy atom. The maximum Gasteiger partial charge on any atom is 0.0289 e. The van der Waals surface area contributed by atoms with Crippen LogP contribution < -0.4 is 0 Å². The van der Waals surface area contributed by atoms with E-state index in [0.29, 0.717) is 0 Å². The fourth-order valence-electron chi connectivity index (χ4n) is 1.44. The van der Waals surface area contributed by atoms with E-state index in [1.807, 2.05) is 11.8 Å². The van der Waals surface area contributed by atoms with Gasteiger partial charge in [0.25, 0.3) is 0 Å². The molecule has 64 valence electrons. The largest absolute Gasteiger partial charge is 0.153 e. The van der Waals surface area contributed by atoms with E-state index in [9.17, 15) is 0 Å². The standard InChI is InChI=1S/C9H15ClS/c1-8(10)7-11-9-5-3-2-4-6-9/h9H,1-7H2. The summed E-state index contributed by atoms with van der Waals surface area (Å²) in [7, 11) is 0. The summed E-state index contributed by atoms with van der Waals surface area (Å²) in [5.41, 5.74) is 0. The molecule has 0 aliphatic heterocycles. The van der Waals surface area contributed by atoms with Crippen LogP contribution in [0.3, 0.4) is 0 Å². The molecule has 0 bridgehead atoms. The molecule has 1 fully saturated rings. The average Bonchev–Trinajstić information content (AvgIpc) is 2.03. The monoisotopic (exact) mass is 190 g/mol. The van der Waals surface area contributed by atoms with Crippen molar-refractivity contribution in [1.29, 1.82) is 0 Å². The number of hydrogen-bond donors (Lipinski definition) is 0. The third-order valence-electron chi connectivity index (χ3n) is 2.03. The molecule has 0 amide bonds. The first kappa shape index (κ1) is 9.47. The number of thioether (sulfide) groups is 1. The Morgan fingerprint density at radius 2 is 2.00 bits per heavy atom. The molecular formula is C9H15ClS. The first-order valence-corrected chi connectivity index (χ1v) is 5.66. The van der Waals surface area contributed by atoms with E-state index in [0.717, 1.165) is 16.0 Å². The van der Waals surface area contributed by atoms with Gasteiger partial charge in [0.05, 0.1) is 0 Å². The van der Waals surface area contributed by atoms with Crippen molar-refractivity contribution in [3.63, 3.8) is 0 Å². The van der Waals surface area contributed by atoms with Crippen LogP contribution in [0.25, 0.3) is 0 Å². The lowest BCUT2D eigenvalue weighted by molar-refractivity contribution is 0.516. The van der Waals surface area contributed by atoms with Gasteiger partial charge in [-0.05, 0) is 12.8 Å². The summed E-state index contributed by atoms with van der Waals surface area (Å²) in [4.78, 5) is 0. The van der Waals surface area contributed by atoms with E-state index >= 15 is 0 Å². The smallest absolute Gasteiger partial charge is 0.0289 e. The van der Waals surface area contributed by atoms with Gasteiger partial charge < -0.3 is 0 Å². The van der Waals surface area contributed by atoms with Crippen LogP contribution in [0.1, 0.15) is 32.1 Å². The molecule has 2 heteroatoms. The zero-order chi connectivity index (χ0) is 8.10. The molecule has 0 spiro atoms. The van der Waals surface area contributed by atoms with Crippen molar-refractivity contribution in [3.05, 3.63) is 11.6 Å². The van der Waals surface area contributed by atoms with Crippen molar-refractivity contribution in [2.24, 2.45) is 0 Å². The lowest BCUT2D eigenvalue weighted by Crippen LogP contribution is -2.08. The van der Waals surface area contributed by atoms with Gasteiger partial charge in [0, 0.05) is 16.0 Å². The highest BCUT2D eigenvalue weighted by Crippen LogP contribution is 2.29. The van der Waals surface area contributed by atoms with Crippen molar-refractivity contribution in [3.8, 4) is 0 Å². The first-order valence-electron chi connectivity index (χ1n) is 4.24. The SMILES string of the molecule is C=C(Cl)CSC1CCCCC1. The second-order valence-electron chi connectivity index (χ2n) is 3.09. The summed E-state index contributed by atoms with van der Waals surface area (Å²) < 4.78 is 0. The van der Waals surface area contributed by atoms with Crippen LogP contribution >= 0.6 is 23.4 Å². The van der Waals surface area contributed by atoms with Crippen LogP contribution in [0.15, 0.2) is 11.6 Å². The average molecular weight is 191 g/mol. The molecule has 1 rings (SSSR count). The summed E-state index contributed by atoms with van der Waals surface area (Å²) in [6.07, 6.45) is 7.02. The molecule has 0 aromatic rings. The van der Waals surface area contributed by atoms with E-state index in [2.05, 4.69) is 6.58 Å². The van der Waals surface area contributed by atoms with Gasteiger partial charge in [-0.15, -0.1) is 0 Å². The second-order valence-corrected chi connectivity index (χ2v) is 4.91. The van der Waals surface area contributed by atoms with Gasteiger partial charge in [0.1, 0.15) is 0 Å². The lowest BCUT2D eigenvalue weighted by Gasteiger charge is -2.20. The van der Waals surface area contributed by atoms with Crippen LogP contribution in [0, 0.1) is 0 Å². The molecule has 1 aliphatic rings. The predicted octanol–water partition coefficient (Wildman–Crippen LogP) is 3.80. The van der Waals surface area contributed by atoms with E-state index in [4.69, 9.17) is 11.6 Å². The van der Waals surface area contributed by atoms with Gasteiger partial charge in [0.2, 0.25) is 0 Å². The van der Waals surface area contributed by atoms with Gasteiger partial charge in [-0.3, -0.25) is 0 Å². The molecule has 11 heavy (non-hydrogen) atoms. The van der Waals surface area contributed by atoms with Crippen LogP contribution in [0.4, 0.5) is 0 Å². The Kier molecular flexibility index (Phi) is 4.39. The molecule has 0 saturated heterocycles. The normalized spacial score (nSPS) is 20.1. The number of halogens is 1. The van der Waals surface area contributed by atoms with Crippen LogP contribution in [0.5, 0.6) is 0 Å². The minimum Gasteiger partial charge on any atom is -0.153 e. The zero-order valence-corrected chi connectivity index (χ0v) is 8.39. The minimum atomic E-state index is 0.792. The molecule has 0 aromatic heterocycles. The van der Waals surface area contributed by atoms with E-state index in [1.165, 1.54) is 32.1 Å². The third-order valence-corrected chi connectivity index (χ3v) is 3.78. The molecule has 0 aromatic carbocycles. The van der Waals surface area contributed by atoms with Crippen LogP contribution in [-0.2, 0) is 0 Å². The van der Waals surface area contributed by atoms with Crippen molar-refractivity contribution in [1.82, 2.24) is 0 Å². The third kappa shape index (κ3) is 4.07. The second kappa shape index (κ2) is 5.10. The van der Waals surface area contributed by atoms with E-state index in [-0.39, 0.29) is 0 Å². The van der Waals surface area contributed by atoms with Crippen LogP contribution in [0.2, 0.25) is 0 Å². The van der Waals surface area contributed by atoms with Gasteiger partial charge in [0.15, 0.2) is 0 Å². The highest BCUT2D eigenvalue weighted by molar-refractivity contribution is 8.00. The minimum absolute atomic E-state index is 0.792. The molecule has 0 radical (unpaired) electrons. The maximum absolute atomic E-state index is 5.68. The Balaban J connectivity index is 2.09. The summed E-state index contributed by atoms with van der Waals surface area (Å²) in [6.45, 7) is 3.68. The van der Waals surface area contributed by atoms with Gasteiger partial charge in [-0.2, -0.15) is 11.8 Å². The molecule has 0 heterocycles. The topological polar surface area (TPSA) is 0 Å². The van der Waals surface area contributed by atoms with Crippen molar-refractivity contribution in [2.45, 2.75) is 37.4 Å². The van der Waals surface area contributed by atoms with Gasteiger partial charge in [-0.25, -0.2) is 0 Å². The molecule has 1 saturated carbocycles. The van der Waals surface area contributed by atoms with Gasteiger partial charge in [-0.1, -0.05) is 37.4 Å². The maximum atomic E-state index is 5.68. The summed E-state index contributed by atoms with van der Waals surface area (Å²) in [5.74, 6) is 0.937. The first-order chi connectivity index (χ1) is 5.29. The summed E-state index contributed by atoms with van der Waals surface area (Å²) >= 11 is 7.66. The van der Waals surface area contributed by atoms with Crippen LogP contribution in [-0.4, -0.2) is 11.0 Å². The Labute approximate surface area is 78.4 Å². The molecular weight excluding hydrogens is 176 g/mol. The Hall–Kier alpha value is 0.380.